The third-order valence-corrected chi connectivity index (χ3v) is 5.83. The van der Waals surface area contributed by atoms with Crippen LogP contribution in [0.15, 0.2) is 0 Å². The first-order valence-electron chi connectivity index (χ1n) is 5.90. The maximum atomic E-state index is 10.8. The van der Waals surface area contributed by atoms with Crippen LogP contribution in [0.3, 0.4) is 0 Å². The summed E-state index contributed by atoms with van der Waals surface area (Å²) in [5, 5.41) is 10.8. The Morgan fingerprint density at radius 3 is 2.00 bits per heavy atom. The van der Waals surface area contributed by atoms with Gasteiger partial charge in [-0.15, -0.1) is 0 Å². The molecule has 0 aromatic heterocycles. The van der Waals surface area contributed by atoms with Crippen molar-refractivity contribution in [2.24, 2.45) is 5.92 Å². The SMILES string of the molecule is CO[Si](CC[N+](C)(C)CC(C)C(=O)[O-])(OC)OC. The number of aliphatic carboxylic acids is 1. The Morgan fingerprint density at radius 1 is 1.22 bits per heavy atom. The average molecular weight is 279 g/mol. The molecule has 0 aliphatic carbocycles. The summed E-state index contributed by atoms with van der Waals surface area (Å²) >= 11 is 0. The van der Waals surface area contributed by atoms with Crippen molar-refractivity contribution in [1.82, 2.24) is 0 Å². The zero-order chi connectivity index (χ0) is 14.4. The molecule has 1 unspecified atom stereocenters. The van der Waals surface area contributed by atoms with Gasteiger partial charge in [-0.3, -0.25) is 0 Å². The van der Waals surface area contributed by atoms with Crippen LogP contribution in [-0.2, 0) is 18.1 Å². The Bertz CT molecular complexity index is 260. The third-order valence-electron chi connectivity index (χ3n) is 3.13. The van der Waals surface area contributed by atoms with Crippen molar-refractivity contribution in [3.05, 3.63) is 0 Å². The van der Waals surface area contributed by atoms with Crippen LogP contribution < -0.4 is 5.11 Å². The number of hydrogen-bond acceptors (Lipinski definition) is 5. The van der Waals surface area contributed by atoms with Gasteiger partial charge in [0.25, 0.3) is 0 Å². The molecule has 108 valence electrons. The van der Waals surface area contributed by atoms with Crippen molar-refractivity contribution in [2.75, 3.05) is 48.5 Å². The van der Waals surface area contributed by atoms with Crippen LogP contribution in [0.2, 0.25) is 6.04 Å². The summed E-state index contributed by atoms with van der Waals surface area (Å²) in [7, 11) is 6.08. The van der Waals surface area contributed by atoms with E-state index in [9.17, 15) is 9.90 Å². The van der Waals surface area contributed by atoms with Gasteiger partial charge in [-0.1, -0.05) is 6.92 Å². The number of hydrogen-bond donors (Lipinski definition) is 0. The van der Waals surface area contributed by atoms with Crippen molar-refractivity contribution in [3.8, 4) is 0 Å². The Kier molecular flexibility index (Phi) is 7.01. The molecular weight excluding hydrogens is 254 g/mol. The van der Waals surface area contributed by atoms with Crippen molar-refractivity contribution in [3.63, 3.8) is 0 Å². The minimum atomic E-state index is -2.58. The molecule has 7 heteroatoms. The zero-order valence-corrected chi connectivity index (χ0v) is 13.2. The third kappa shape index (κ3) is 5.45. The van der Waals surface area contributed by atoms with Gasteiger partial charge >= 0.3 is 8.80 Å². The lowest BCUT2D eigenvalue weighted by atomic mass is 10.1. The lowest BCUT2D eigenvalue weighted by molar-refractivity contribution is -0.891. The van der Waals surface area contributed by atoms with Crippen LogP contribution in [0.5, 0.6) is 0 Å². The first-order chi connectivity index (χ1) is 8.22. The second-order valence-corrected chi connectivity index (χ2v) is 8.20. The fourth-order valence-electron chi connectivity index (χ4n) is 1.90. The van der Waals surface area contributed by atoms with Crippen molar-refractivity contribution in [2.45, 2.75) is 13.0 Å². The summed E-state index contributed by atoms with van der Waals surface area (Å²) in [4.78, 5) is 10.8. The van der Waals surface area contributed by atoms with E-state index < -0.39 is 20.7 Å². The molecule has 0 radical (unpaired) electrons. The molecular formula is C11H25NO5Si. The molecule has 6 nitrogen and oxygen atoms in total. The van der Waals surface area contributed by atoms with Gasteiger partial charge in [-0.05, 0) is 0 Å². The van der Waals surface area contributed by atoms with E-state index in [0.29, 0.717) is 17.1 Å². The molecule has 0 N–H and O–H groups in total. The van der Waals surface area contributed by atoms with E-state index in [1.807, 2.05) is 14.1 Å². The van der Waals surface area contributed by atoms with Gasteiger partial charge < -0.3 is 27.7 Å². The van der Waals surface area contributed by atoms with Crippen molar-refractivity contribution < 1.29 is 27.7 Å². The lowest BCUT2D eigenvalue weighted by Gasteiger charge is -2.35. The zero-order valence-electron chi connectivity index (χ0n) is 12.2. The maximum absolute atomic E-state index is 10.8. The summed E-state index contributed by atoms with van der Waals surface area (Å²) in [5.41, 5.74) is 0. The predicted molar refractivity (Wildman–Crippen MR) is 67.6 cm³/mol. The molecule has 0 heterocycles. The largest absolute Gasteiger partial charge is 0.550 e. The summed E-state index contributed by atoms with van der Waals surface area (Å²) in [6.07, 6.45) is 0. The van der Waals surface area contributed by atoms with Gasteiger partial charge in [0.15, 0.2) is 0 Å². The highest BCUT2D eigenvalue weighted by Gasteiger charge is 2.40. The molecule has 0 saturated heterocycles. The number of nitrogens with zero attached hydrogens (tertiary/aromatic N) is 1. The molecule has 0 fully saturated rings. The predicted octanol–water partition coefficient (Wildman–Crippen LogP) is -0.673. The van der Waals surface area contributed by atoms with Gasteiger partial charge in [0.1, 0.15) is 0 Å². The van der Waals surface area contributed by atoms with E-state index in [2.05, 4.69) is 0 Å². The lowest BCUT2D eigenvalue weighted by Crippen LogP contribution is -2.52. The normalized spacial score (nSPS) is 14.6. The molecule has 0 aliphatic rings. The number of carbonyl (C=O) groups excluding carboxylic acids is 1. The van der Waals surface area contributed by atoms with E-state index in [4.69, 9.17) is 13.3 Å². The van der Waals surface area contributed by atoms with Crippen LogP contribution in [0.4, 0.5) is 0 Å². The minimum Gasteiger partial charge on any atom is -0.550 e. The molecule has 0 saturated carbocycles. The molecule has 0 rings (SSSR count). The molecule has 1 atom stereocenters. The first kappa shape index (κ1) is 17.5. The Balaban J connectivity index is 4.45. The van der Waals surface area contributed by atoms with E-state index in [1.165, 1.54) is 0 Å². The van der Waals surface area contributed by atoms with E-state index >= 15 is 0 Å². The second kappa shape index (κ2) is 7.20. The highest BCUT2D eigenvalue weighted by molar-refractivity contribution is 6.60. The Labute approximate surface area is 110 Å². The number of quaternary nitrogens is 1. The van der Waals surface area contributed by atoms with Crippen LogP contribution >= 0.6 is 0 Å². The summed E-state index contributed by atoms with van der Waals surface area (Å²) < 4.78 is 16.6. The molecule has 0 aliphatic heterocycles. The van der Waals surface area contributed by atoms with Gasteiger partial charge in [0, 0.05) is 33.2 Å². The van der Waals surface area contributed by atoms with E-state index in [0.717, 1.165) is 6.54 Å². The molecule has 18 heavy (non-hydrogen) atoms. The minimum absolute atomic E-state index is 0.483. The Morgan fingerprint density at radius 2 is 1.67 bits per heavy atom. The summed E-state index contributed by atoms with van der Waals surface area (Å²) in [5.74, 6) is -1.50. The molecule has 0 amide bonds. The second-order valence-electron chi connectivity index (χ2n) is 5.11. The van der Waals surface area contributed by atoms with E-state index in [-0.39, 0.29) is 0 Å². The molecule has 0 bridgehead atoms. The molecule has 0 aromatic carbocycles. The number of carboxylic acid groups (broad SMARTS) is 1. The van der Waals surface area contributed by atoms with Gasteiger partial charge in [-0.25, -0.2) is 0 Å². The van der Waals surface area contributed by atoms with Crippen LogP contribution in [-0.4, -0.2) is 67.8 Å². The highest BCUT2D eigenvalue weighted by Crippen LogP contribution is 2.16. The van der Waals surface area contributed by atoms with Gasteiger partial charge in [0.2, 0.25) is 0 Å². The summed E-state index contributed by atoms with van der Waals surface area (Å²) in [6.45, 7) is 2.88. The van der Waals surface area contributed by atoms with Gasteiger partial charge in [0.05, 0.1) is 33.2 Å². The highest BCUT2D eigenvalue weighted by atomic mass is 28.4. The van der Waals surface area contributed by atoms with Crippen LogP contribution in [0, 0.1) is 5.92 Å². The summed E-state index contributed by atoms with van der Waals surface area (Å²) in [6, 6.07) is 0.642. The van der Waals surface area contributed by atoms with Gasteiger partial charge in [-0.2, -0.15) is 0 Å². The first-order valence-corrected chi connectivity index (χ1v) is 7.83. The maximum Gasteiger partial charge on any atom is 0.505 e. The average Bonchev–Trinajstić information content (AvgIpc) is 2.31. The van der Waals surface area contributed by atoms with Crippen LogP contribution in [0.1, 0.15) is 6.92 Å². The smallest absolute Gasteiger partial charge is 0.505 e. The fraction of sp³-hybridized carbons (Fsp3) is 0.909. The monoisotopic (exact) mass is 279 g/mol. The van der Waals surface area contributed by atoms with E-state index in [1.54, 1.807) is 28.3 Å². The number of rotatable bonds is 9. The Hall–Kier alpha value is -0.473. The standard InChI is InChI=1S/C11H25NO5Si/c1-10(11(13)14)9-12(2,3)7-8-18(15-4,16-5)17-6/h10H,7-9H2,1-6H3. The van der Waals surface area contributed by atoms with Crippen molar-refractivity contribution in [1.29, 1.82) is 0 Å². The number of carboxylic acids is 1. The van der Waals surface area contributed by atoms with Crippen LogP contribution in [0.25, 0.3) is 0 Å². The fourth-order valence-corrected chi connectivity index (χ4v) is 3.89. The topological polar surface area (TPSA) is 67.8 Å². The molecule has 0 spiro atoms. The molecule has 0 aromatic rings. The number of carbonyl (C=O) groups is 1. The van der Waals surface area contributed by atoms with Crippen molar-refractivity contribution >= 4 is 14.8 Å². The quantitative estimate of drug-likeness (QED) is 0.413.